The molecular weight excluding hydrogens is 272 g/mol. The summed E-state index contributed by atoms with van der Waals surface area (Å²) in [5, 5.41) is 32.0. The highest BCUT2D eigenvalue weighted by Gasteiger charge is 2.32. The highest BCUT2D eigenvalue weighted by Crippen LogP contribution is 2.40. The van der Waals surface area contributed by atoms with Gasteiger partial charge in [0.1, 0.15) is 11.8 Å². The van der Waals surface area contributed by atoms with Gasteiger partial charge in [-0.1, -0.05) is 0 Å². The van der Waals surface area contributed by atoms with Gasteiger partial charge in [-0.25, -0.2) is 0 Å². The number of carboxylic acid groups (broad SMARTS) is 1. The Hall–Kier alpha value is -1.80. The van der Waals surface area contributed by atoms with Crippen molar-refractivity contribution >= 4 is 23.4 Å². The first-order chi connectivity index (χ1) is 8.90. The Bertz CT molecular complexity index is 548. The van der Waals surface area contributed by atoms with E-state index in [1.807, 2.05) is 0 Å². The normalized spacial score (nSPS) is 22.4. The summed E-state index contributed by atoms with van der Waals surface area (Å²) in [6.07, 6.45) is 0. The molecule has 0 spiro atoms. The van der Waals surface area contributed by atoms with E-state index in [0.717, 1.165) is 0 Å². The molecule has 8 heteroatoms. The molecule has 2 rings (SSSR count). The smallest absolute Gasteiger partial charge is 0.321 e. The topological polar surface area (TPSA) is 113 Å². The van der Waals surface area contributed by atoms with Gasteiger partial charge in [-0.2, -0.15) is 0 Å². The number of carbonyl (C=O) groups is 1. The second-order valence-corrected chi connectivity index (χ2v) is 5.36. The Morgan fingerprint density at radius 2 is 2.26 bits per heavy atom. The third-order valence-corrected chi connectivity index (χ3v) is 4.15. The summed E-state index contributed by atoms with van der Waals surface area (Å²) < 4.78 is 0. The van der Waals surface area contributed by atoms with Gasteiger partial charge in [-0.15, -0.1) is 11.8 Å². The van der Waals surface area contributed by atoms with Crippen LogP contribution in [-0.4, -0.2) is 32.9 Å². The van der Waals surface area contributed by atoms with E-state index in [-0.39, 0.29) is 11.4 Å². The first-order valence-corrected chi connectivity index (χ1v) is 6.53. The standard InChI is InChI=1S/C11H12N2O5S/c1-5-2-9(14)6(3-8(5)13(17)18)10-12-7(4-19-10)11(15)16/h2-3,7,10,12,14H,4H2,1H3,(H,15,16). The lowest BCUT2D eigenvalue weighted by Crippen LogP contribution is -2.33. The van der Waals surface area contributed by atoms with Crippen LogP contribution in [0.15, 0.2) is 12.1 Å². The lowest BCUT2D eigenvalue weighted by atomic mass is 10.1. The number of benzene rings is 1. The van der Waals surface area contributed by atoms with Crippen LogP contribution >= 0.6 is 11.8 Å². The lowest BCUT2D eigenvalue weighted by molar-refractivity contribution is -0.385. The Labute approximate surface area is 112 Å². The molecule has 102 valence electrons. The van der Waals surface area contributed by atoms with Crippen LogP contribution in [0.25, 0.3) is 0 Å². The Morgan fingerprint density at radius 3 is 2.79 bits per heavy atom. The van der Waals surface area contributed by atoms with Gasteiger partial charge in [-0.05, 0) is 13.0 Å². The number of aliphatic carboxylic acids is 1. The van der Waals surface area contributed by atoms with E-state index in [0.29, 0.717) is 16.9 Å². The number of nitro groups is 1. The van der Waals surface area contributed by atoms with Crippen molar-refractivity contribution in [1.82, 2.24) is 5.32 Å². The van der Waals surface area contributed by atoms with Crippen molar-refractivity contribution in [3.8, 4) is 5.75 Å². The third kappa shape index (κ3) is 2.64. The number of phenols is 1. The van der Waals surface area contributed by atoms with Gasteiger partial charge in [0.05, 0.1) is 10.3 Å². The molecule has 0 aliphatic carbocycles. The fourth-order valence-corrected chi connectivity index (χ4v) is 3.15. The van der Waals surface area contributed by atoms with E-state index in [1.54, 1.807) is 0 Å². The molecular formula is C11H12N2O5S. The number of thioether (sulfide) groups is 1. The zero-order valence-corrected chi connectivity index (χ0v) is 10.8. The van der Waals surface area contributed by atoms with E-state index in [2.05, 4.69) is 5.32 Å². The molecule has 0 aromatic heterocycles. The number of nitrogens with one attached hydrogen (secondary N) is 1. The fraction of sp³-hybridized carbons (Fsp3) is 0.364. The van der Waals surface area contributed by atoms with Gasteiger partial charge in [-0.3, -0.25) is 20.2 Å². The molecule has 19 heavy (non-hydrogen) atoms. The van der Waals surface area contributed by atoms with E-state index in [1.165, 1.54) is 30.8 Å². The van der Waals surface area contributed by atoms with Crippen molar-refractivity contribution in [2.75, 3.05) is 5.75 Å². The van der Waals surface area contributed by atoms with Crippen LogP contribution < -0.4 is 5.32 Å². The fourth-order valence-electron chi connectivity index (χ4n) is 1.90. The average molecular weight is 284 g/mol. The molecule has 1 aliphatic rings. The Kier molecular flexibility index (Phi) is 3.63. The molecule has 1 saturated heterocycles. The molecule has 2 unspecified atom stereocenters. The van der Waals surface area contributed by atoms with E-state index >= 15 is 0 Å². The lowest BCUT2D eigenvalue weighted by Gasteiger charge is -2.13. The molecule has 1 heterocycles. The summed E-state index contributed by atoms with van der Waals surface area (Å²) in [7, 11) is 0. The number of hydrogen-bond acceptors (Lipinski definition) is 6. The minimum absolute atomic E-state index is 0.0702. The second kappa shape index (κ2) is 5.06. The first-order valence-electron chi connectivity index (χ1n) is 5.48. The van der Waals surface area contributed by atoms with Crippen molar-refractivity contribution in [1.29, 1.82) is 0 Å². The quantitative estimate of drug-likeness (QED) is 0.568. The maximum Gasteiger partial charge on any atom is 0.321 e. The number of nitro benzene ring substituents is 1. The number of aromatic hydroxyl groups is 1. The molecule has 0 amide bonds. The Morgan fingerprint density at radius 1 is 1.58 bits per heavy atom. The minimum atomic E-state index is -0.976. The summed E-state index contributed by atoms with van der Waals surface area (Å²) in [5.74, 6) is -0.698. The van der Waals surface area contributed by atoms with Crippen LogP contribution in [0.3, 0.4) is 0 Å². The maximum atomic E-state index is 10.9. The zero-order chi connectivity index (χ0) is 14.2. The van der Waals surface area contributed by atoms with Crippen molar-refractivity contribution in [2.24, 2.45) is 0 Å². The molecule has 1 aromatic carbocycles. The number of rotatable bonds is 3. The van der Waals surface area contributed by atoms with Crippen molar-refractivity contribution in [3.63, 3.8) is 0 Å². The van der Waals surface area contributed by atoms with Crippen LogP contribution in [0, 0.1) is 17.0 Å². The average Bonchev–Trinajstić information content (AvgIpc) is 2.77. The van der Waals surface area contributed by atoms with Crippen LogP contribution in [0.5, 0.6) is 5.75 Å². The summed E-state index contributed by atoms with van der Waals surface area (Å²) >= 11 is 1.30. The molecule has 0 saturated carbocycles. The van der Waals surface area contributed by atoms with E-state index < -0.39 is 22.3 Å². The predicted molar refractivity (Wildman–Crippen MR) is 69.3 cm³/mol. The van der Waals surface area contributed by atoms with E-state index in [4.69, 9.17) is 5.11 Å². The number of nitrogens with zero attached hydrogens (tertiary/aromatic N) is 1. The largest absolute Gasteiger partial charge is 0.508 e. The molecule has 1 aliphatic heterocycles. The number of hydrogen-bond donors (Lipinski definition) is 3. The summed E-state index contributed by atoms with van der Waals surface area (Å²) in [6.45, 7) is 1.54. The van der Waals surface area contributed by atoms with Gasteiger partial charge < -0.3 is 10.2 Å². The highest BCUT2D eigenvalue weighted by molar-refractivity contribution is 7.99. The van der Waals surface area contributed by atoms with Crippen molar-refractivity contribution < 1.29 is 19.9 Å². The number of aryl methyl sites for hydroxylation is 1. The SMILES string of the molecule is Cc1cc(O)c(C2NC(C(=O)O)CS2)cc1[N+](=O)[O-]. The van der Waals surface area contributed by atoms with Gasteiger partial charge in [0.25, 0.3) is 5.69 Å². The molecule has 0 bridgehead atoms. The van der Waals surface area contributed by atoms with Crippen molar-refractivity contribution in [3.05, 3.63) is 33.4 Å². The van der Waals surface area contributed by atoms with Gasteiger partial charge in [0.2, 0.25) is 0 Å². The van der Waals surface area contributed by atoms with Crippen LogP contribution in [0.2, 0.25) is 0 Å². The van der Waals surface area contributed by atoms with Gasteiger partial charge in [0.15, 0.2) is 0 Å². The summed E-state index contributed by atoms with van der Waals surface area (Å²) in [4.78, 5) is 21.2. The van der Waals surface area contributed by atoms with Crippen LogP contribution in [0.4, 0.5) is 5.69 Å². The number of phenolic OH excluding ortho intramolecular Hbond substituents is 1. The van der Waals surface area contributed by atoms with Gasteiger partial charge in [0, 0.05) is 22.9 Å². The minimum Gasteiger partial charge on any atom is -0.508 e. The third-order valence-electron chi connectivity index (χ3n) is 2.90. The second-order valence-electron chi connectivity index (χ2n) is 4.23. The zero-order valence-electron chi connectivity index (χ0n) is 9.99. The summed E-state index contributed by atoms with van der Waals surface area (Å²) in [6, 6.07) is 1.90. The Balaban J connectivity index is 2.33. The predicted octanol–water partition coefficient (Wildman–Crippen LogP) is 1.40. The monoisotopic (exact) mass is 284 g/mol. The molecule has 1 fully saturated rings. The molecule has 0 radical (unpaired) electrons. The molecule has 3 N–H and O–H groups in total. The molecule has 2 atom stereocenters. The highest BCUT2D eigenvalue weighted by atomic mass is 32.2. The molecule has 7 nitrogen and oxygen atoms in total. The van der Waals surface area contributed by atoms with Crippen LogP contribution in [-0.2, 0) is 4.79 Å². The molecule has 1 aromatic rings. The maximum absolute atomic E-state index is 10.9. The van der Waals surface area contributed by atoms with Crippen molar-refractivity contribution in [2.45, 2.75) is 18.3 Å². The first kappa shape index (κ1) is 13.6. The summed E-state index contributed by atoms with van der Waals surface area (Å²) in [5.41, 5.74) is 0.615. The van der Waals surface area contributed by atoms with Gasteiger partial charge >= 0.3 is 5.97 Å². The number of carboxylic acids is 1. The van der Waals surface area contributed by atoms with E-state index in [9.17, 15) is 20.0 Å². The van der Waals surface area contributed by atoms with Crippen LogP contribution in [0.1, 0.15) is 16.5 Å².